The quantitative estimate of drug-likeness (QED) is 0.283. The van der Waals surface area contributed by atoms with Crippen LogP contribution >= 0.6 is 0 Å². The third-order valence-electron chi connectivity index (χ3n) is 6.44. The minimum absolute atomic E-state index is 0.0398. The van der Waals surface area contributed by atoms with Gasteiger partial charge >= 0.3 is 24.1 Å². The molecule has 5 atom stereocenters. The van der Waals surface area contributed by atoms with Crippen molar-refractivity contribution in [3.05, 3.63) is 23.8 Å². The molecule has 0 heterocycles. The van der Waals surface area contributed by atoms with Crippen LogP contribution in [0.4, 0.5) is 4.79 Å². The molecule has 1 rings (SSSR count). The minimum atomic E-state index is -1.06. The van der Waals surface area contributed by atoms with Crippen molar-refractivity contribution < 1.29 is 42.9 Å². The Kier molecular flexibility index (Phi) is 13.3. The highest BCUT2D eigenvalue weighted by Crippen LogP contribution is 2.31. The van der Waals surface area contributed by atoms with Gasteiger partial charge in [0.1, 0.15) is 18.2 Å². The van der Waals surface area contributed by atoms with Gasteiger partial charge in [-0.1, -0.05) is 47.6 Å². The molecular weight excluding hydrogens is 494 g/mol. The fourth-order valence-electron chi connectivity index (χ4n) is 2.89. The minimum Gasteiger partial charge on any atom is -0.458 e. The predicted molar refractivity (Wildman–Crippen MR) is 141 cm³/mol. The summed E-state index contributed by atoms with van der Waals surface area (Å²) in [5.74, 6) is -2.12. The highest BCUT2D eigenvalue weighted by Gasteiger charge is 2.27. The highest BCUT2D eigenvalue weighted by atomic mass is 16.7. The molecule has 214 valence electrons. The lowest BCUT2D eigenvalue weighted by atomic mass is 9.98. The standard InChI is InChI=1S/C28H43NO9/c1-10-34-28(33)36-20(9)19(8)35-27(32)22(29)13-21-11-12-23(37-25(30)17(6)15(2)3)24(14-21)38-26(31)18(7)16(4)5/h11-12,14-20,22H,10,13,29H2,1-9H3/t17?,18?,19-,20-,22-/m0/s1. The molecular formula is C28H43NO9. The Morgan fingerprint density at radius 2 is 1.24 bits per heavy atom. The van der Waals surface area contributed by atoms with Crippen molar-refractivity contribution in [2.75, 3.05) is 6.61 Å². The summed E-state index contributed by atoms with van der Waals surface area (Å²) < 4.78 is 26.3. The summed E-state index contributed by atoms with van der Waals surface area (Å²) in [4.78, 5) is 49.3. The van der Waals surface area contributed by atoms with E-state index in [0.717, 1.165) is 0 Å². The summed E-state index contributed by atoms with van der Waals surface area (Å²) in [5, 5.41) is 0. The van der Waals surface area contributed by atoms with E-state index in [2.05, 4.69) is 0 Å². The van der Waals surface area contributed by atoms with E-state index in [9.17, 15) is 19.2 Å². The van der Waals surface area contributed by atoms with Crippen molar-refractivity contribution >= 4 is 24.1 Å². The van der Waals surface area contributed by atoms with Crippen LogP contribution in [0.1, 0.15) is 67.9 Å². The average Bonchev–Trinajstić information content (AvgIpc) is 2.84. The zero-order valence-electron chi connectivity index (χ0n) is 23.9. The molecule has 10 nitrogen and oxygen atoms in total. The molecule has 10 heteroatoms. The van der Waals surface area contributed by atoms with Crippen LogP contribution in [0.2, 0.25) is 0 Å². The van der Waals surface area contributed by atoms with Crippen LogP contribution in [-0.2, 0) is 35.0 Å². The second-order valence-electron chi connectivity index (χ2n) is 10.1. The van der Waals surface area contributed by atoms with Gasteiger partial charge in [-0.05, 0) is 56.7 Å². The van der Waals surface area contributed by atoms with E-state index in [1.807, 2.05) is 27.7 Å². The van der Waals surface area contributed by atoms with Gasteiger partial charge in [-0.3, -0.25) is 14.4 Å². The molecule has 2 unspecified atom stereocenters. The maximum atomic E-state index is 12.7. The molecule has 0 aromatic heterocycles. The largest absolute Gasteiger partial charge is 0.508 e. The third kappa shape index (κ3) is 10.3. The van der Waals surface area contributed by atoms with E-state index >= 15 is 0 Å². The fourth-order valence-corrected chi connectivity index (χ4v) is 2.89. The molecule has 0 saturated carbocycles. The second-order valence-corrected chi connectivity index (χ2v) is 10.1. The first-order valence-corrected chi connectivity index (χ1v) is 13.0. The third-order valence-corrected chi connectivity index (χ3v) is 6.44. The monoisotopic (exact) mass is 537 g/mol. The first-order valence-electron chi connectivity index (χ1n) is 13.0. The zero-order valence-corrected chi connectivity index (χ0v) is 23.9. The molecule has 0 aliphatic heterocycles. The Balaban J connectivity index is 3.04. The smallest absolute Gasteiger partial charge is 0.458 e. The van der Waals surface area contributed by atoms with E-state index in [1.165, 1.54) is 12.1 Å². The number of carbonyl (C=O) groups excluding carboxylic acids is 4. The second kappa shape index (κ2) is 15.3. The number of hydrogen-bond donors (Lipinski definition) is 1. The SMILES string of the molecule is CCOC(=O)O[C@@H](C)[C@H](C)OC(=O)[C@@H](N)Cc1ccc(OC(=O)C(C)C(C)C)c(OC(=O)C(C)C(C)C)c1. The normalized spacial score (nSPS) is 15.2. The van der Waals surface area contributed by atoms with Gasteiger partial charge in [0.2, 0.25) is 0 Å². The molecule has 0 bridgehead atoms. The molecule has 0 saturated heterocycles. The van der Waals surface area contributed by atoms with Crippen molar-refractivity contribution in [3.63, 3.8) is 0 Å². The molecule has 1 aromatic carbocycles. The summed E-state index contributed by atoms with van der Waals surface area (Å²) in [6.07, 6.45) is -2.32. The zero-order chi connectivity index (χ0) is 29.2. The fraction of sp³-hybridized carbons (Fsp3) is 0.643. The summed E-state index contributed by atoms with van der Waals surface area (Å²) in [7, 11) is 0. The summed E-state index contributed by atoms with van der Waals surface area (Å²) in [6.45, 7) is 16.1. The Labute approximate surface area is 225 Å². The van der Waals surface area contributed by atoms with Gasteiger partial charge in [-0.15, -0.1) is 0 Å². The number of ether oxygens (including phenoxy) is 5. The molecule has 0 fully saturated rings. The van der Waals surface area contributed by atoms with Crippen LogP contribution in [0.5, 0.6) is 11.5 Å². The highest BCUT2D eigenvalue weighted by molar-refractivity contribution is 5.79. The topological polar surface area (TPSA) is 140 Å². The maximum Gasteiger partial charge on any atom is 0.508 e. The Morgan fingerprint density at radius 1 is 0.737 bits per heavy atom. The van der Waals surface area contributed by atoms with E-state index in [0.29, 0.717) is 5.56 Å². The van der Waals surface area contributed by atoms with Gasteiger partial charge < -0.3 is 29.4 Å². The maximum absolute atomic E-state index is 12.7. The Bertz CT molecular complexity index is 960. The molecule has 38 heavy (non-hydrogen) atoms. The molecule has 0 radical (unpaired) electrons. The molecule has 2 N–H and O–H groups in total. The van der Waals surface area contributed by atoms with Crippen LogP contribution in [0.15, 0.2) is 18.2 Å². The number of nitrogens with two attached hydrogens (primary N) is 1. The molecule has 0 aliphatic carbocycles. The van der Waals surface area contributed by atoms with Gasteiger partial charge in [0.25, 0.3) is 0 Å². The number of carbonyl (C=O) groups is 4. The Morgan fingerprint density at radius 3 is 1.74 bits per heavy atom. The van der Waals surface area contributed by atoms with Crippen LogP contribution in [0.3, 0.4) is 0 Å². The first-order chi connectivity index (χ1) is 17.7. The van der Waals surface area contributed by atoms with Gasteiger partial charge in [-0.2, -0.15) is 0 Å². The lowest BCUT2D eigenvalue weighted by molar-refractivity contribution is -0.155. The summed E-state index contributed by atoms with van der Waals surface area (Å²) in [5.41, 5.74) is 6.64. The Hall–Kier alpha value is -3.14. The van der Waals surface area contributed by atoms with Crippen molar-refractivity contribution in [2.45, 2.75) is 87.0 Å². The van der Waals surface area contributed by atoms with Gasteiger partial charge in [0.05, 0.1) is 18.4 Å². The lowest BCUT2D eigenvalue weighted by Gasteiger charge is -2.22. The van der Waals surface area contributed by atoms with Crippen LogP contribution < -0.4 is 15.2 Å². The average molecular weight is 538 g/mol. The summed E-state index contributed by atoms with van der Waals surface area (Å²) in [6, 6.07) is 3.62. The van der Waals surface area contributed by atoms with Crippen LogP contribution in [-0.4, -0.2) is 48.9 Å². The molecule has 1 aromatic rings. The molecule has 0 amide bonds. The van der Waals surface area contributed by atoms with Gasteiger partial charge in [0.15, 0.2) is 11.5 Å². The summed E-state index contributed by atoms with van der Waals surface area (Å²) >= 11 is 0. The molecule has 0 aliphatic rings. The number of esters is 3. The number of hydrogen-bond acceptors (Lipinski definition) is 10. The number of rotatable bonds is 13. The van der Waals surface area contributed by atoms with Crippen molar-refractivity contribution in [1.82, 2.24) is 0 Å². The van der Waals surface area contributed by atoms with Crippen molar-refractivity contribution in [2.24, 2.45) is 29.4 Å². The number of benzene rings is 1. The van der Waals surface area contributed by atoms with Crippen molar-refractivity contribution in [1.29, 1.82) is 0 Å². The van der Waals surface area contributed by atoms with Crippen LogP contribution in [0.25, 0.3) is 0 Å². The van der Waals surface area contributed by atoms with E-state index in [1.54, 1.807) is 40.7 Å². The van der Waals surface area contributed by atoms with Crippen LogP contribution in [0, 0.1) is 23.7 Å². The van der Waals surface area contributed by atoms with Gasteiger partial charge in [-0.25, -0.2) is 4.79 Å². The van der Waals surface area contributed by atoms with Crippen molar-refractivity contribution in [3.8, 4) is 11.5 Å². The van der Waals surface area contributed by atoms with E-state index in [-0.39, 0.29) is 42.3 Å². The first kappa shape index (κ1) is 32.9. The lowest BCUT2D eigenvalue weighted by Crippen LogP contribution is -2.39. The van der Waals surface area contributed by atoms with E-state index in [4.69, 9.17) is 29.4 Å². The van der Waals surface area contributed by atoms with Gasteiger partial charge in [0, 0.05) is 0 Å². The predicted octanol–water partition coefficient (Wildman–Crippen LogP) is 4.44. The van der Waals surface area contributed by atoms with E-state index < -0.39 is 48.2 Å². The molecule has 0 spiro atoms.